The van der Waals surface area contributed by atoms with Crippen LogP contribution in [0.3, 0.4) is 0 Å². The Morgan fingerprint density at radius 1 is 1.19 bits per heavy atom. The molecule has 2 bridgehead atoms. The molecule has 1 N–H and O–H groups in total. The Morgan fingerprint density at radius 3 is 2.78 bits per heavy atom. The zero-order valence-corrected chi connectivity index (χ0v) is 16.0. The first-order valence-corrected chi connectivity index (χ1v) is 10.1. The second kappa shape index (κ2) is 7.89. The number of para-hydroxylation sites is 1. The SMILES string of the molecule is COc1ccccc1CNC(=O)CN1C[C@@H]2CC[C@H](C1)N(CC1CC1)C2=O. The summed E-state index contributed by atoms with van der Waals surface area (Å²) < 4.78 is 5.34. The Kier molecular flexibility index (Phi) is 5.34. The molecule has 3 aliphatic heterocycles. The van der Waals surface area contributed by atoms with Crippen molar-refractivity contribution in [2.24, 2.45) is 11.8 Å². The molecule has 2 amide bonds. The predicted octanol–water partition coefficient (Wildman–Crippen LogP) is 1.64. The number of benzene rings is 1. The number of ether oxygens (including phenoxy) is 1. The lowest BCUT2D eigenvalue weighted by Gasteiger charge is -2.36. The number of hydrogen-bond donors (Lipinski definition) is 1. The first-order chi connectivity index (χ1) is 13.1. The van der Waals surface area contributed by atoms with Crippen molar-refractivity contribution < 1.29 is 14.3 Å². The topological polar surface area (TPSA) is 61.9 Å². The third kappa shape index (κ3) is 4.26. The number of hydrogen-bond acceptors (Lipinski definition) is 4. The van der Waals surface area contributed by atoms with Gasteiger partial charge in [0.1, 0.15) is 5.75 Å². The summed E-state index contributed by atoms with van der Waals surface area (Å²) in [4.78, 5) is 29.6. The molecule has 0 radical (unpaired) electrons. The number of methoxy groups -OCH3 is 1. The van der Waals surface area contributed by atoms with Crippen LogP contribution in [0.25, 0.3) is 0 Å². The van der Waals surface area contributed by atoms with Gasteiger partial charge in [0.25, 0.3) is 0 Å². The number of carbonyl (C=O) groups is 2. The van der Waals surface area contributed by atoms with E-state index in [0.717, 1.165) is 37.2 Å². The van der Waals surface area contributed by atoms with Crippen molar-refractivity contribution in [1.29, 1.82) is 0 Å². The zero-order valence-electron chi connectivity index (χ0n) is 16.0. The van der Waals surface area contributed by atoms with Crippen molar-refractivity contribution >= 4 is 11.8 Å². The standard InChI is InChI=1S/C21H29N3O3/c1-27-19-5-3-2-4-16(19)10-22-20(25)14-23-12-17-8-9-18(13-23)24(21(17)26)11-15-6-7-15/h2-5,15,17-18H,6-14H2,1H3,(H,22,25)/t17-,18+/m0/s1. The molecule has 1 aromatic carbocycles. The Bertz CT molecular complexity index is 704. The highest BCUT2D eigenvalue weighted by molar-refractivity contribution is 5.81. The van der Waals surface area contributed by atoms with Gasteiger partial charge in [0, 0.05) is 37.8 Å². The molecular weight excluding hydrogens is 342 g/mol. The third-order valence-corrected chi connectivity index (χ3v) is 6.06. The Balaban J connectivity index is 1.32. The molecule has 2 atom stereocenters. The van der Waals surface area contributed by atoms with Crippen LogP contribution in [0.15, 0.2) is 24.3 Å². The quantitative estimate of drug-likeness (QED) is 0.792. The van der Waals surface area contributed by atoms with Gasteiger partial charge in [-0.3, -0.25) is 14.5 Å². The molecule has 1 saturated carbocycles. The van der Waals surface area contributed by atoms with Crippen molar-refractivity contribution in [3.63, 3.8) is 0 Å². The molecular formula is C21H29N3O3. The number of nitrogens with one attached hydrogen (secondary N) is 1. The van der Waals surface area contributed by atoms with Gasteiger partial charge in [0.2, 0.25) is 11.8 Å². The van der Waals surface area contributed by atoms with E-state index in [4.69, 9.17) is 4.74 Å². The van der Waals surface area contributed by atoms with Gasteiger partial charge in [-0.05, 0) is 37.7 Å². The normalized spacial score (nSPS) is 25.4. The van der Waals surface area contributed by atoms with Crippen LogP contribution in [0.5, 0.6) is 5.75 Å². The van der Waals surface area contributed by atoms with E-state index >= 15 is 0 Å². The molecule has 6 heteroatoms. The third-order valence-electron chi connectivity index (χ3n) is 6.06. The zero-order chi connectivity index (χ0) is 18.8. The van der Waals surface area contributed by atoms with Crippen LogP contribution in [0, 0.1) is 11.8 Å². The van der Waals surface area contributed by atoms with Gasteiger partial charge in [-0.25, -0.2) is 0 Å². The van der Waals surface area contributed by atoms with E-state index in [9.17, 15) is 9.59 Å². The first-order valence-electron chi connectivity index (χ1n) is 10.1. The van der Waals surface area contributed by atoms with Crippen LogP contribution in [0.4, 0.5) is 0 Å². The molecule has 4 aliphatic rings. The fraction of sp³-hybridized carbons (Fsp3) is 0.619. The van der Waals surface area contributed by atoms with Crippen molar-refractivity contribution in [2.45, 2.75) is 38.3 Å². The molecule has 27 heavy (non-hydrogen) atoms. The molecule has 4 fully saturated rings. The molecule has 0 unspecified atom stereocenters. The lowest BCUT2D eigenvalue weighted by atomic mass is 9.94. The van der Waals surface area contributed by atoms with Gasteiger partial charge in [-0.2, -0.15) is 0 Å². The van der Waals surface area contributed by atoms with Crippen LogP contribution in [0.1, 0.15) is 31.2 Å². The molecule has 3 heterocycles. The Hall–Kier alpha value is -2.08. The van der Waals surface area contributed by atoms with Crippen molar-refractivity contribution in [2.75, 3.05) is 33.3 Å². The molecule has 6 nitrogen and oxygen atoms in total. The maximum Gasteiger partial charge on any atom is 0.234 e. The number of carbonyl (C=O) groups excluding carboxylic acids is 2. The maximum absolute atomic E-state index is 12.8. The minimum atomic E-state index is 0.00315. The van der Waals surface area contributed by atoms with Gasteiger partial charge in [-0.1, -0.05) is 18.2 Å². The summed E-state index contributed by atoms with van der Waals surface area (Å²) in [7, 11) is 1.64. The van der Waals surface area contributed by atoms with Crippen LogP contribution in [-0.4, -0.2) is 60.9 Å². The fourth-order valence-electron chi connectivity index (χ4n) is 4.38. The summed E-state index contributed by atoms with van der Waals surface area (Å²) >= 11 is 0. The average Bonchev–Trinajstić information content (AvgIpc) is 3.51. The molecule has 5 rings (SSSR count). The van der Waals surface area contributed by atoms with Crippen LogP contribution in [0.2, 0.25) is 0 Å². The van der Waals surface area contributed by atoms with E-state index in [2.05, 4.69) is 15.1 Å². The smallest absolute Gasteiger partial charge is 0.234 e. The van der Waals surface area contributed by atoms with E-state index in [1.807, 2.05) is 24.3 Å². The maximum atomic E-state index is 12.8. The van der Waals surface area contributed by atoms with Crippen molar-refractivity contribution in [3.8, 4) is 5.75 Å². The van der Waals surface area contributed by atoms with Gasteiger partial charge < -0.3 is 15.0 Å². The molecule has 3 saturated heterocycles. The van der Waals surface area contributed by atoms with Gasteiger partial charge in [0.05, 0.1) is 19.6 Å². The minimum absolute atomic E-state index is 0.00315. The first kappa shape index (κ1) is 18.3. The summed E-state index contributed by atoms with van der Waals surface area (Å²) in [6, 6.07) is 7.99. The highest BCUT2D eigenvalue weighted by Crippen LogP contribution is 2.35. The van der Waals surface area contributed by atoms with Crippen LogP contribution < -0.4 is 10.1 Å². The molecule has 0 spiro atoms. The molecule has 0 aromatic heterocycles. The van der Waals surface area contributed by atoms with Crippen molar-refractivity contribution in [1.82, 2.24) is 15.1 Å². The second-order valence-corrected chi connectivity index (χ2v) is 8.14. The lowest BCUT2D eigenvalue weighted by Crippen LogP contribution is -2.48. The predicted molar refractivity (Wildman–Crippen MR) is 102 cm³/mol. The van der Waals surface area contributed by atoms with Gasteiger partial charge >= 0.3 is 0 Å². The summed E-state index contributed by atoms with van der Waals surface area (Å²) in [5.74, 6) is 1.88. The Labute approximate surface area is 160 Å². The lowest BCUT2D eigenvalue weighted by molar-refractivity contribution is -0.140. The molecule has 146 valence electrons. The van der Waals surface area contributed by atoms with Crippen LogP contribution in [-0.2, 0) is 16.1 Å². The van der Waals surface area contributed by atoms with E-state index in [1.165, 1.54) is 12.8 Å². The summed E-state index contributed by atoms with van der Waals surface area (Å²) in [6.07, 6.45) is 4.55. The van der Waals surface area contributed by atoms with Crippen molar-refractivity contribution in [3.05, 3.63) is 29.8 Å². The van der Waals surface area contributed by atoms with Crippen LogP contribution >= 0.6 is 0 Å². The van der Waals surface area contributed by atoms with E-state index in [-0.39, 0.29) is 17.9 Å². The number of fused-ring (bicyclic) bond motifs is 4. The summed E-state index contributed by atoms with van der Waals surface area (Å²) in [6.45, 7) is 3.26. The molecule has 1 aromatic rings. The summed E-state index contributed by atoms with van der Waals surface area (Å²) in [5, 5.41) is 3.00. The summed E-state index contributed by atoms with van der Waals surface area (Å²) in [5.41, 5.74) is 0.968. The highest BCUT2D eigenvalue weighted by atomic mass is 16.5. The van der Waals surface area contributed by atoms with E-state index in [0.29, 0.717) is 31.5 Å². The number of piperidine rings is 1. The monoisotopic (exact) mass is 371 g/mol. The number of amides is 2. The largest absolute Gasteiger partial charge is 0.496 e. The van der Waals surface area contributed by atoms with Gasteiger partial charge in [-0.15, -0.1) is 0 Å². The van der Waals surface area contributed by atoms with E-state index < -0.39 is 0 Å². The second-order valence-electron chi connectivity index (χ2n) is 8.14. The number of rotatable bonds is 7. The average molecular weight is 371 g/mol. The minimum Gasteiger partial charge on any atom is -0.496 e. The fourth-order valence-corrected chi connectivity index (χ4v) is 4.38. The van der Waals surface area contributed by atoms with Gasteiger partial charge in [0.15, 0.2) is 0 Å². The highest BCUT2D eigenvalue weighted by Gasteiger charge is 2.42. The number of nitrogens with zero attached hydrogens (tertiary/aromatic N) is 2. The Morgan fingerprint density at radius 2 is 2.00 bits per heavy atom. The molecule has 1 aliphatic carbocycles. The van der Waals surface area contributed by atoms with E-state index in [1.54, 1.807) is 7.11 Å².